The topological polar surface area (TPSA) is 71.1 Å². The third kappa shape index (κ3) is 3.23. The molecule has 0 atom stereocenters. The normalized spacial score (nSPS) is 10.9. The fourth-order valence-electron chi connectivity index (χ4n) is 3.59. The summed E-state index contributed by atoms with van der Waals surface area (Å²) in [7, 11) is 5.13. The van der Waals surface area contributed by atoms with Crippen LogP contribution in [-0.2, 0) is 0 Å². The Kier molecular flexibility index (Phi) is 4.76. The molecule has 1 aromatic carbocycles. The molecular formula is C23H22N4O2. The van der Waals surface area contributed by atoms with E-state index in [-0.39, 0.29) is 5.91 Å². The molecule has 0 spiro atoms. The number of aromatic amines is 1. The first kappa shape index (κ1) is 18.7. The SMILES string of the molecule is COc1ccccc1-c1c[nH]c2ncc(-c3cncc(C(=O)N(C)C)c3)c(C)c12. The van der Waals surface area contributed by atoms with Crippen LogP contribution in [0.5, 0.6) is 5.75 Å². The van der Waals surface area contributed by atoms with Crippen LogP contribution in [0.4, 0.5) is 0 Å². The zero-order chi connectivity index (χ0) is 20.5. The number of ether oxygens (including phenoxy) is 1. The number of para-hydroxylation sites is 1. The number of fused-ring (bicyclic) bond motifs is 1. The zero-order valence-corrected chi connectivity index (χ0v) is 16.9. The van der Waals surface area contributed by atoms with Gasteiger partial charge in [-0.3, -0.25) is 9.78 Å². The molecule has 0 unspecified atom stereocenters. The Labute approximate surface area is 169 Å². The van der Waals surface area contributed by atoms with Crippen molar-refractivity contribution in [3.63, 3.8) is 0 Å². The fraction of sp³-hybridized carbons (Fsp3) is 0.174. The molecule has 0 aliphatic heterocycles. The van der Waals surface area contributed by atoms with Gasteiger partial charge in [-0.05, 0) is 24.6 Å². The van der Waals surface area contributed by atoms with E-state index in [0.29, 0.717) is 5.56 Å². The van der Waals surface area contributed by atoms with E-state index in [1.165, 1.54) is 0 Å². The van der Waals surface area contributed by atoms with Crippen molar-refractivity contribution in [3.05, 3.63) is 66.2 Å². The van der Waals surface area contributed by atoms with Gasteiger partial charge in [-0.1, -0.05) is 18.2 Å². The molecule has 6 nitrogen and oxygen atoms in total. The molecule has 6 heteroatoms. The minimum absolute atomic E-state index is 0.0811. The van der Waals surface area contributed by atoms with Crippen LogP contribution in [0.25, 0.3) is 33.3 Å². The predicted molar refractivity (Wildman–Crippen MR) is 114 cm³/mol. The molecule has 146 valence electrons. The molecule has 4 aromatic rings. The summed E-state index contributed by atoms with van der Waals surface area (Å²) in [6.07, 6.45) is 7.12. The average molecular weight is 386 g/mol. The number of hydrogen-bond donors (Lipinski definition) is 1. The number of aromatic nitrogens is 3. The Morgan fingerprint density at radius 2 is 1.86 bits per heavy atom. The van der Waals surface area contributed by atoms with E-state index in [4.69, 9.17) is 4.74 Å². The minimum Gasteiger partial charge on any atom is -0.496 e. The number of aryl methyl sites for hydroxylation is 1. The molecule has 0 saturated carbocycles. The van der Waals surface area contributed by atoms with Crippen LogP contribution in [0.2, 0.25) is 0 Å². The van der Waals surface area contributed by atoms with Crippen molar-refractivity contribution in [1.82, 2.24) is 19.9 Å². The lowest BCUT2D eigenvalue weighted by Crippen LogP contribution is -2.21. The number of amides is 1. The number of hydrogen-bond acceptors (Lipinski definition) is 4. The van der Waals surface area contributed by atoms with Crippen LogP contribution >= 0.6 is 0 Å². The molecule has 29 heavy (non-hydrogen) atoms. The van der Waals surface area contributed by atoms with Crippen molar-refractivity contribution in [1.29, 1.82) is 0 Å². The first-order valence-electron chi connectivity index (χ1n) is 9.28. The van der Waals surface area contributed by atoms with Crippen molar-refractivity contribution < 1.29 is 9.53 Å². The molecule has 0 radical (unpaired) electrons. The smallest absolute Gasteiger partial charge is 0.254 e. The Morgan fingerprint density at radius 3 is 2.62 bits per heavy atom. The maximum atomic E-state index is 12.3. The Bertz CT molecular complexity index is 1210. The highest BCUT2D eigenvalue weighted by Crippen LogP contribution is 2.38. The molecule has 1 N–H and O–H groups in total. The zero-order valence-electron chi connectivity index (χ0n) is 16.9. The van der Waals surface area contributed by atoms with E-state index in [1.807, 2.05) is 42.7 Å². The lowest BCUT2D eigenvalue weighted by Gasteiger charge is -2.13. The van der Waals surface area contributed by atoms with Gasteiger partial charge in [0.15, 0.2) is 0 Å². The van der Waals surface area contributed by atoms with E-state index < -0.39 is 0 Å². The largest absolute Gasteiger partial charge is 0.496 e. The number of H-pyrrole nitrogens is 1. The van der Waals surface area contributed by atoms with E-state index in [2.05, 4.69) is 21.9 Å². The summed E-state index contributed by atoms with van der Waals surface area (Å²) in [5, 5.41) is 1.02. The maximum Gasteiger partial charge on any atom is 0.254 e. The van der Waals surface area contributed by atoms with E-state index >= 15 is 0 Å². The number of nitrogens with zero attached hydrogens (tertiary/aromatic N) is 3. The fourth-order valence-corrected chi connectivity index (χ4v) is 3.59. The van der Waals surface area contributed by atoms with Gasteiger partial charge in [0.25, 0.3) is 5.91 Å². The quantitative estimate of drug-likeness (QED) is 0.567. The maximum absolute atomic E-state index is 12.3. The lowest BCUT2D eigenvalue weighted by molar-refractivity contribution is 0.0827. The monoisotopic (exact) mass is 386 g/mol. The van der Waals surface area contributed by atoms with Gasteiger partial charge in [0.05, 0.1) is 12.7 Å². The molecule has 0 fully saturated rings. The van der Waals surface area contributed by atoms with E-state index in [9.17, 15) is 4.79 Å². The van der Waals surface area contributed by atoms with Gasteiger partial charge in [-0.2, -0.15) is 0 Å². The van der Waals surface area contributed by atoms with E-state index in [0.717, 1.165) is 44.6 Å². The Morgan fingerprint density at radius 1 is 1.07 bits per heavy atom. The van der Waals surface area contributed by atoms with Crippen molar-refractivity contribution in [3.8, 4) is 28.0 Å². The minimum atomic E-state index is -0.0811. The van der Waals surface area contributed by atoms with Crippen molar-refractivity contribution in [2.45, 2.75) is 6.92 Å². The van der Waals surface area contributed by atoms with Gasteiger partial charge in [0, 0.05) is 66.5 Å². The standard InChI is InChI=1S/C23H22N4O2/c1-14-18(15-9-16(11-24-10-15)23(28)27(2)3)12-25-22-21(14)19(13-26-22)17-7-5-6-8-20(17)29-4/h5-13H,1-4H3,(H,25,26). The summed E-state index contributed by atoms with van der Waals surface area (Å²) in [5.74, 6) is 0.723. The number of pyridine rings is 2. The van der Waals surface area contributed by atoms with Crippen molar-refractivity contribution in [2.24, 2.45) is 0 Å². The molecule has 0 aliphatic rings. The Hall–Kier alpha value is -3.67. The number of carbonyl (C=O) groups is 1. The molecule has 0 aliphatic carbocycles. The second-order valence-electron chi connectivity index (χ2n) is 7.08. The van der Waals surface area contributed by atoms with Gasteiger partial charge in [-0.25, -0.2) is 4.98 Å². The summed E-state index contributed by atoms with van der Waals surface area (Å²) in [6, 6.07) is 9.78. The molecule has 0 saturated heterocycles. The van der Waals surface area contributed by atoms with Crippen LogP contribution in [0.15, 0.2) is 55.1 Å². The summed E-state index contributed by atoms with van der Waals surface area (Å²) in [6.45, 7) is 2.06. The third-order valence-electron chi connectivity index (χ3n) is 5.06. The van der Waals surface area contributed by atoms with Gasteiger partial charge < -0.3 is 14.6 Å². The summed E-state index contributed by atoms with van der Waals surface area (Å²) in [5.41, 5.74) is 6.24. The second-order valence-corrected chi connectivity index (χ2v) is 7.08. The first-order valence-corrected chi connectivity index (χ1v) is 9.28. The van der Waals surface area contributed by atoms with Crippen molar-refractivity contribution in [2.75, 3.05) is 21.2 Å². The first-order chi connectivity index (χ1) is 14.0. The van der Waals surface area contributed by atoms with Crippen molar-refractivity contribution >= 4 is 16.9 Å². The summed E-state index contributed by atoms with van der Waals surface area (Å²) < 4.78 is 5.55. The molecule has 1 amide bonds. The number of methoxy groups -OCH3 is 1. The molecule has 4 rings (SSSR count). The van der Waals surface area contributed by atoms with Gasteiger partial charge in [0.2, 0.25) is 0 Å². The van der Waals surface area contributed by atoms with Crippen LogP contribution in [0.3, 0.4) is 0 Å². The lowest BCUT2D eigenvalue weighted by atomic mass is 9.96. The molecule has 3 aromatic heterocycles. The van der Waals surface area contributed by atoms with Crippen LogP contribution in [-0.4, -0.2) is 47.0 Å². The number of benzene rings is 1. The van der Waals surface area contributed by atoms with Gasteiger partial charge in [0.1, 0.15) is 11.4 Å². The molecule has 0 bridgehead atoms. The Balaban J connectivity index is 1.90. The van der Waals surface area contributed by atoms with Crippen LogP contribution in [0, 0.1) is 6.92 Å². The van der Waals surface area contributed by atoms with Gasteiger partial charge in [-0.15, -0.1) is 0 Å². The second kappa shape index (κ2) is 7.39. The highest BCUT2D eigenvalue weighted by Gasteiger charge is 2.17. The number of rotatable bonds is 4. The molecular weight excluding hydrogens is 364 g/mol. The number of nitrogens with one attached hydrogen (secondary N) is 1. The average Bonchev–Trinajstić information content (AvgIpc) is 3.18. The highest BCUT2D eigenvalue weighted by molar-refractivity contribution is 6.01. The van der Waals surface area contributed by atoms with Gasteiger partial charge >= 0.3 is 0 Å². The van der Waals surface area contributed by atoms with Crippen LogP contribution in [0.1, 0.15) is 15.9 Å². The summed E-state index contributed by atoms with van der Waals surface area (Å²) >= 11 is 0. The molecule has 3 heterocycles. The van der Waals surface area contributed by atoms with E-state index in [1.54, 1.807) is 38.5 Å². The van der Waals surface area contributed by atoms with Crippen LogP contribution < -0.4 is 4.74 Å². The summed E-state index contributed by atoms with van der Waals surface area (Å²) in [4.78, 5) is 26.0. The third-order valence-corrected chi connectivity index (χ3v) is 5.06. The highest BCUT2D eigenvalue weighted by atomic mass is 16.5. The predicted octanol–water partition coefficient (Wildman–Crippen LogP) is 4.31. The number of carbonyl (C=O) groups excluding carboxylic acids is 1.